The third-order valence-corrected chi connectivity index (χ3v) is 5.51. The van der Waals surface area contributed by atoms with Crippen molar-refractivity contribution in [2.45, 2.75) is 0 Å². The summed E-state index contributed by atoms with van der Waals surface area (Å²) < 4.78 is 10.6. The predicted molar refractivity (Wildman–Crippen MR) is 140 cm³/mol. The maximum atomic E-state index is 13.0. The molecule has 0 aliphatic rings. The Morgan fingerprint density at radius 1 is 1.05 bits per heavy atom. The van der Waals surface area contributed by atoms with Gasteiger partial charge in [-0.05, 0) is 51.8 Å². The van der Waals surface area contributed by atoms with Crippen molar-refractivity contribution >= 4 is 45.7 Å². The number of halogens is 1. The molecule has 12 heteroatoms. The number of carbonyl (C=O) groups is 2. The van der Waals surface area contributed by atoms with Crippen molar-refractivity contribution < 1.29 is 29.1 Å². The SMILES string of the molecule is COc1ccc(/C=C(/NC(=O)c2ccccc2)C(=O)N/N=C\c2cc([N+](=O)[O-])cc(Br)c2O)cc1OC. The number of aromatic hydroxyl groups is 1. The Hall–Kier alpha value is -4.71. The summed E-state index contributed by atoms with van der Waals surface area (Å²) >= 11 is 3.04. The average molecular weight is 569 g/mol. The zero-order valence-electron chi connectivity index (χ0n) is 19.6. The minimum absolute atomic E-state index is 0.0138. The quantitative estimate of drug-likeness (QED) is 0.152. The fourth-order valence-corrected chi connectivity index (χ4v) is 3.55. The fourth-order valence-electron chi connectivity index (χ4n) is 3.08. The van der Waals surface area contributed by atoms with E-state index >= 15 is 0 Å². The van der Waals surface area contributed by atoms with E-state index in [9.17, 15) is 24.8 Å². The van der Waals surface area contributed by atoms with E-state index in [1.165, 1.54) is 20.3 Å². The Morgan fingerprint density at radius 3 is 2.41 bits per heavy atom. The first kappa shape index (κ1) is 26.9. The lowest BCUT2D eigenvalue weighted by molar-refractivity contribution is -0.385. The number of amides is 2. The molecule has 3 N–H and O–H groups in total. The van der Waals surface area contributed by atoms with Gasteiger partial charge in [0.2, 0.25) is 0 Å². The van der Waals surface area contributed by atoms with Crippen molar-refractivity contribution in [1.82, 2.24) is 10.7 Å². The number of ether oxygens (including phenoxy) is 2. The maximum absolute atomic E-state index is 13.0. The van der Waals surface area contributed by atoms with E-state index in [0.29, 0.717) is 22.6 Å². The van der Waals surface area contributed by atoms with E-state index in [0.717, 1.165) is 18.3 Å². The highest BCUT2D eigenvalue weighted by Gasteiger charge is 2.16. The number of nitro groups is 1. The first-order valence-corrected chi connectivity index (χ1v) is 11.3. The Kier molecular flexibility index (Phi) is 8.95. The molecule has 3 rings (SSSR count). The van der Waals surface area contributed by atoms with Gasteiger partial charge in [0.25, 0.3) is 17.5 Å². The van der Waals surface area contributed by atoms with E-state index < -0.39 is 16.7 Å². The first-order chi connectivity index (χ1) is 17.7. The number of nitrogens with one attached hydrogen (secondary N) is 2. The summed E-state index contributed by atoms with van der Waals surface area (Å²) in [6, 6.07) is 15.4. The molecule has 0 fully saturated rings. The summed E-state index contributed by atoms with van der Waals surface area (Å²) in [5.74, 6) is -0.741. The van der Waals surface area contributed by atoms with Crippen LogP contribution >= 0.6 is 15.9 Å². The van der Waals surface area contributed by atoms with Crippen molar-refractivity contribution in [2.24, 2.45) is 5.10 Å². The number of benzene rings is 3. The molecule has 11 nitrogen and oxygen atoms in total. The topological polar surface area (TPSA) is 152 Å². The molecule has 0 saturated heterocycles. The molecule has 2 amide bonds. The largest absolute Gasteiger partial charge is 0.506 e. The number of nitro benzene ring substituents is 1. The Morgan fingerprint density at radius 2 is 1.76 bits per heavy atom. The van der Waals surface area contributed by atoms with Crippen molar-refractivity contribution in [3.63, 3.8) is 0 Å². The van der Waals surface area contributed by atoms with Gasteiger partial charge in [-0.1, -0.05) is 24.3 Å². The van der Waals surface area contributed by atoms with E-state index in [-0.39, 0.29) is 27.2 Å². The number of non-ortho nitro benzene ring substituents is 1. The van der Waals surface area contributed by atoms with Crippen molar-refractivity contribution in [2.75, 3.05) is 14.2 Å². The van der Waals surface area contributed by atoms with Crippen LogP contribution in [0.5, 0.6) is 17.2 Å². The van der Waals surface area contributed by atoms with Gasteiger partial charge < -0.3 is 19.9 Å². The van der Waals surface area contributed by atoms with Gasteiger partial charge in [-0.3, -0.25) is 19.7 Å². The van der Waals surface area contributed by atoms with Gasteiger partial charge >= 0.3 is 0 Å². The maximum Gasteiger partial charge on any atom is 0.287 e. The molecule has 0 aromatic heterocycles. The van der Waals surface area contributed by atoms with Crippen LogP contribution in [0.3, 0.4) is 0 Å². The smallest absolute Gasteiger partial charge is 0.287 e. The van der Waals surface area contributed by atoms with Crippen molar-refractivity contribution in [3.8, 4) is 17.2 Å². The van der Waals surface area contributed by atoms with Crippen LogP contribution in [0.2, 0.25) is 0 Å². The van der Waals surface area contributed by atoms with Crippen LogP contribution in [0.1, 0.15) is 21.5 Å². The number of carbonyl (C=O) groups excluding carboxylic acids is 2. The van der Waals surface area contributed by atoms with E-state index in [2.05, 4.69) is 31.8 Å². The number of rotatable bonds is 9. The second kappa shape index (κ2) is 12.3. The lowest BCUT2D eigenvalue weighted by atomic mass is 10.1. The van der Waals surface area contributed by atoms with Gasteiger partial charge in [-0.15, -0.1) is 0 Å². The monoisotopic (exact) mass is 568 g/mol. The summed E-state index contributed by atoms with van der Waals surface area (Å²) in [6.45, 7) is 0. The van der Waals surface area contributed by atoms with Crippen molar-refractivity contribution in [3.05, 3.63) is 97.6 Å². The summed E-state index contributed by atoms with van der Waals surface area (Å²) in [7, 11) is 2.95. The Balaban J connectivity index is 1.91. The van der Waals surface area contributed by atoms with Crippen LogP contribution in [0.4, 0.5) is 5.69 Å². The highest BCUT2D eigenvalue weighted by Crippen LogP contribution is 2.31. The third kappa shape index (κ3) is 6.92. The molecule has 0 heterocycles. The number of phenols is 1. The fraction of sp³-hybridized carbons (Fsp3) is 0.0800. The predicted octanol–water partition coefficient (Wildman–Crippen LogP) is 4.00. The summed E-state index contributed by atoms with van der Waals surface area (Å²) in [5, 5.41) is 27.6. The molecule has 37 heavy (non-hydrogen) atoms. The molecule has 0 saturated carbocycles. The number of nitrogens with zero attached hydrogens (tertiary/aromatic N) is 2. The molecule has 190 valence electrons. The second-order valence-corrected chi connectivity index (χ2v) is 8.17. The van der Waals surface area contributed by atoms with Crippen LogP contribution in [0, 0.1) is 10.1 Å². The van der Waals surface area contributed by atoms with Gasteiger partial charge in [0.1, 0.15) is 11.4 Å². The van der Waals surface area contributed by atoms with Crippen LogP contribution in [0.25, 0.3) is 6.08 Å². The number of phenolic OH excluding ortho intramolecular Hbond substituents is 1. The van der Waals surface area contributed by atoms with Crippen LogP contribution < -0.4 is 20.2 Å². The number of hydrogen-bond acceptors (Lipinski definition) is 8. The van der Waals surface area contributed by atoms with Crippen LogP contribution in [0.15, 0.2) is 75.9 Å². The molecule has 0 atom stereocenters. The zero-order chi connectivity index (χ0) is 26.9. The molecular formula is C25H21BrN4O7. The lowest BCUT2D eigenvalue weighted by Crippen LogP contribution is -2.32. The van der Waals surface area contributed by atoms with Gasteiger partial charge in [0.15, 0.2) is 11.5 Å². The van der Waals surface area contributed by atoms with E-state index in [4.69, 9.17) is 9.47 Å². The van der Waals surface area contributed by atoms with Crippen LogP contribution in [-0.4, -0.2) is 42.3 Å². The first-order valence-electron chi connectivity index (χ1n) is 10.5. The second-order valence-electron chi connectivity index (χ2n) is 7.31. The number of hydrogen-bond donors (Lipinski definition) is 3. The normalized spacial score (nSPS) is 11.2. The molecule has 0 aliphatic heterocycles. The highest BCUT2D eigenvalue weighted by molar-refractivity contribution is 9.10. The van der Waals surface area contributed by atoms with Gasteiger partial charge in [-0.25, -0.2) is 5.43 Å². The molecule has 0 bridgehead atoms. The summed E-state index contributed by atoms with van der Waals surface area (Å²) in [4.78, 5) is 36.2. The third-order valence-electron chi connectivity index (χ3n) is 4.91. The zero-order valence-corrected chi connectivity index (χ0v) is 21.2. The highest BCUT2D eigenvalue weighted by atomic mass is 79.9. The van der Waals surface area contributed by atoms with Gasteiger partial charge in [0.05, 0.1) is 29.8 Å². The summed E-state index contributed by atoms with van der Waals surface area (Å²) in [6.07, 6.45) is 2.45. The molecule has 0 aliphatic carbocycles. The molecular weight excluding hydrogens is 548 g/mol. The molecule has 3 aromatic rings. The number of hydrazone groups is 1. The Bertz CT molecular complexity index is 1390. The average Bonchev–Trinajstić information content (AvgIpc) is 2.90. The molecule has 0 spiro atoms. The molecule has 0 radical (unpaired) electrons. The Labute approximate surface area is 219 Å². The summed E-state index contributed by atoms with van der Waals surface area (Å²) in [5.41, 5.74) is 2.63. The standard InChI is InChI=1S/C25H21BrN4O7/c1-36-21-9-8-15(11-22(21)37-2)10-20(28-24(32)16-6-4-3-5-7-16)25(33)29-27-14-17-12-18(30(34)35)13-19(26)23(17)31/h3-14,31H,1-2H3,(H,28,32)(H,29,33)/b20-10+,27-14-. The minimum Gasteiger partial charge on any atom is -0.506 e. The number of methoxy groups -OCH3 is 2. The molecule has 3 aromatic carbocycles. The molecule has 0 unspecified atom stereocenters. The van der Waals surface area contributed by atoms with Crippen LogP contribution in [-0.2, 0) is 4.79 Å². The van der Waals surface area contributed by atoms with E-state index in [1.807, 2.05) is 0 Å². The van der Waals surface area contributed by atoms with Gasteiger partial charge in [0, 0.05) is 23.3 Å². The van der Waals surface area contributed by atoms with Gasteiger partial charge in [-0.2, -0.15) is 5.10 Å². The minimum atomic E-state index is -0.792. The van der Waals surface area contributed by atoms with E-state index in [1.54, 1.807) is 48.5 Å². The lowest BCUT2D eigenvalue weighted by Gasteiger charge is -2.11. The van der Waals surface area contributed by atoms with Crippen molar-refractivity contribution in [1.29, 1.82) is 0 Å².